The van der Waals surface area contributed by atoms with E-state index in [1.807, 2.05) is 6.92 Å². The van der Waals surface area contributed by atoms with Crippen molar-refractivity contribution < 1.29 is 57.8 Å². The highest BCUT2D eigenvalue weighted by molar-refractivity contribution is 5.64. The zero-order chi connectivity index (χ0) is 28.6. The molecule has 0 fully saturated rings. The topological polar surface area (TPSA) is 18.5 Å². The van der Waals surface area contributed by atoms with Crippen LogP contribution < -0.4 is 9.47 Å². The van der Waals surface area contributed by atoms with Crippen LogP contribution in [0.5, 0.6) is 11.5 Å². The molecule has 38 heavy (non-hydrogen) atoms. The quantitative estimate of drug-likeness (QED) is 0.257. The van der Waals surface area contributed by atoms with Gasteiger partial charge in [0.25, 0.3) is 0 Å². The molecule has 13 heteroatoms. The zero-order valence-corrected chi connectivity index (χ0v) is 19.2. The molecule has 0 N–H and O–H groups in total. The van der Waals surface area contributed by atoms with Crippen LogP contribution in [0, 0.1) is 23.3 Å². The molecule has 0 aliphatic rings. The van der Waals surface area contributed by atoms with E-state index in [0.717, 1.165) is 18.4 Å². The number of benzene rings is 3. The van der Waals surface area contributed by atoms with E-state index in [2.05, 4.69) is 9.47 Å². The number of hydrogen-bond acceptors (Lipinski definition) is 2. The van der Waals surface area contributed by atoms with E-state index in [-0.39, 0.29) is 17.7 Å². The summed E-state index contributed by atoms with van der Waals surface area (Å²) < 4.78 is 147. The average molecular weight is 558 g/mol. The van der Waals surface area contributed by atoms with Crippen LogP contribution in [-0.4, -0.2) is 6.86 Å². The van der Waals surface area contributed by atoms with E-state index in [1.165, 1.54) is 0 Å². The van der Waals surface area contributed by atoms with Gasteiger partial charge >= 0.3 is 18.3 Å². The van der Waals surface area contributed by atoms with E-state index < -0.39 is 65.5 Å². The number of alkyl halides is 3. The molecule has 0 radical (unpaired) electrons. The molecule has 3 aromatic carbocycles. The van der Waals surface area contributed by atoms with E-state index in [0.29, 0.717) is 17.7 Å². The summed E-state index contributed by atoms with van der Waals surface area (Å²) >= 11 is 0. The SMILES string of the molecule is CCCc1ccc(-c2cc(F)c(C(F)(F)Oc3cc(F)c(OCF)c(F)c3)c(F)c2)cc1.FC(F)=C(F)F. The Kier molecular flexibility index (Phi) is 10.5. The summed E-state index contributed by atoms with van der Waals surface area (Å²) in [5.74, 6) is -8.50. The van der Waals surface area contributed by atoms with Crippen LogP contribution in [-0.2, 0) is 12.5 Å². The third-order valence-corrected chi connectivity index (χ3v) is 4.72. The molecule has 0 aromatic heterocycles. The summed E-state index contributed by atoms with van der Waals surface area (Å²) in [6.07, 6.45) is -8.71. The van der Waals surface area contributed by atoms with Gasteiger partial charge in [-0.05, 0) is 35.2 Å². The van der Waals surface area contributed by atoms with Crippen molar-refractivity contribution in [1.82, 2.24) is 0 Å². The van der Waals surface area contributed by atoms with E-state index in [1.54, 1.807) is 24.3 Å². The summed E-state index contributed by atoms with van der Waals surface area (Å²) in [4.78, 5) is 0. The summed E-state index contributed by atoms with van der Waals surface area (Å²) in [6, 6.07) is 8.74. The Morgan fingerprint density at radius 2 is 1.24 bits per heavy atom. The minimum atomic E-state index is -4.61. The molecule has 0 atom stereocenters. The standard InChI is InChI=1S/C23H17F7O2.C2F4/c1-2-3-13-4-6-14(7-5-13)15-8-17(25)21(18(26)9-15)23(29,30)32-16-10-19(27)22(31-12-24)20(28)11-16;3-1(4)2(5)6/h4-11H,2-3,12H2,1H3;. The summed E-state index contributed by atoms with van der Waals surface area (Å²) in [6.45, 7) is 0.433. The van der Waals surface area contributed by atoms with Crippen molar-refractivity contribution in [2.75, 3.05) is 6.86 Å². The first-order chi connectivity index (χ1) is 17.8. The molecule has 3 aromatic rings. The van der Waals surface area contributed by atoms with Gasteiger partial charge in [0.05, 0.1) is 0 Å². The monoisotopic (exact) mass is 558 g/mol. The Bertz CT molecular complexity index is 1210. The Morgan fingerprint density at radius 3 is 1.66 bits per heavy atom. The Morgan fingerprint density at radius 1 is 0.737 bits per heavy atom. The first-order valence-corrected chi connectivity index (χ1v) is 10.5. The van der Waals surface area contributed by atoms with Crippen LogP contribution in [0.4, 0.5) is 48.3 Å². The van der Waals surface area contributed by atoms with Gasteiger partial charge in [-0.15, -0.1) is 0 Å². The van der Waals surface area contributed by atoms with Gasteiger partial charge in [0, 0.05) is 12.1 Å². The molecule has 0 bridgehead atoms. The van der Waals surface area contributed by atoms with Gasteiger partial charge in [-0.2, -0.15) is 26.3 Å². The van der Waals surface area contributed by atoms with Crippen LogP contribution in [0.3, 0.4) is 0 Å². The van der Waals surface area contributed by atoms with E-state index in [9.17, 15) is 48.3 Å². The van der Waals surface area contributed by atoms with Gasteiger partial charge in [0.2, 0.25) is 6.86 Å². The van der Waals surface area contributed by atoms with Gasteiger partial charge in [0.15, 0.2) is 17.4 Å². The second kappa shape index (κ2) is 13.2. The molecule has 0 unspecified atom stereocenters. The fraction of sp³-hybridized carbons (Fsp3) is 0.200. The molecule has 0 amide bonds. The molecule has 206 valence electrons. The Labute approximate surface area is 208 Å². The summed E-state index contributed by atoms with van der Waals surface area (Å²) in [5.41, 5.74) is -0.289. The van der Waals surface area contributed by atoms with Crippen molar-refractivity contribution in [3.8, 4) is 22.6 Å². The largest absolute Gasteiger partial charge is 0.457 e. The lowest BCUT2D eigenvalue weighted by molar-refractivity contribution is -0.189. The number of halogens is 11. The number of ether oxygens (including phenoxy) is 2. The molecule has 0 aliphatic carbocycles. The third-order valence-electron chi connectivity index (χ3n) is 4.72. The normalized spacial score (nSPS) is 10.9. The first-order valence-electron chi connectivity index (χ1n) is 10.5. The highest BCUT2D eigenvalue weighted by Crippen LogP contribution is 2.38. The molecular formula is C25H17F11O2. The molecule has 0 heterocycles. The average Bonchev–Trinajstić information content (AvgIpc) is 2.81. The Balaban J connectivity index is 0.000000757. The predicted molar refractivity (Wildman–Crippen MR) is 115 cm³/mol. The lowest BCUT2D eigenvalue weighted by Crippen LogP contribution is -2.25. The van der Waals surface area contributed by atoms with Gasteiger partial charge in [0.1, 0.15) is 22.9 Å². The predicted octanol–water partition coefficient (Wildman–Crippen LogP) is 9.29. The van der Waals surface area contributed by atoms with Crippen LogP contribution in [0.2, 0.25) is 0 Å². The van der Waals surface area contributed by atoms with Crippen LogP contribution in [0.1, 0.15) is 24.5 Å². The van der Waals surface area contributed by atoms with Crippen molar-refractivity contribution in [1.29, 1.82) is 0 Å². The fourth-order valence-corrected chi connectivity index (χ4v) is 3.16. The lowest BCUT2D eigenvalue weighted by atomic mass is 10.00. The lowest BCUT2D eigenvalue weighted by Gasteiger charge is -2.20. The van der Waals surface area contributed by atoms with Crippen LogP contribution in [0.15, 0.2) is 60.7 Å². The van der Waals surface area contributed by atoms with Gasteiger partial charge in [-0.1, -0.05) is 37.6 Å². The number of rotatable bonds is 8. The maximum Gasteiger partial charge on any atom is 0.432 e. The minimum absolute atomic E-state index is 0.0208. The van der Waals surface area contributed by atoms with Crippen LogP contribution >= 0.6 is 0 Å². The Hall–Kier alpha value is -3.77. The number of hydrogen-bond donors (Lipinski definition) is 0. The smallest absolute Gasteiger partial charge is 0.432 e. The van der Waals surface area contributed by atoms with Crippen LogP contribution in [0.25, 0.3) is 11.1 Å². The van der Waals surface area contributed by atoms with Crippen molar-refractivity contribution in [3.05, 3.63) is 95.1 Å². The summed E-state index contributed by atoms with van der Waals surface area (Å²) in [5, 5.41) is 0. The number of aryl methyl sites for hydroxylation is 1. The second-order valence-electron chi connectivity index (χ2n) is 7.37. The minimum Gasteiger partial charge on any atom is -0.457 e. The van der Waals surface area contributed by atoms with E-state index in [4.69, 9.17) is 0 Å². The maximum absolute atomic E-state index is 14.5. The van der Waals surface area contributed by atoms with Crippen molar-refractivity contribution in [3.63, 3.8) is 0 Å². The molecule has 0 spiro atoms. The van der Waals surface area contributed by atoms with Gasteiger partial charge in [-0.3, -0.25) is 0 Å². The first kappa shape index (κ1) is 30.5. The second-order valence-corrected chi connectivity index (χ2v) is 7.37. The van der Waals surface area contributed by atoms with E-state index >= 15 is 0 Å². The van der Waals surface area contributed by atoms with Crippen molar-refractivity contribution >= 4 is 0 Å². The van der Waals surface area contributed by atoms with Gasteiger partial charge in [-0.25, -0.2) is 22.0 Å². The molecule has 3 rings (SSSR count). The fourth-order valence-electron chi connectivity index (χ4n) is 3.16. The summed E-state index contributed by atoms with van der Waals surface area (Å²) in [7, 11) is 0. The third kappa shape index (κ3) is 7.86. The molecular weight excluding hydrogens is 541 g/mol. The van der Waals surface area contributed by atoms with Crippen molar-refractivity contribution in [2.24, 2.45) is 0 Å². The van der Waals surface area contributed by atoms with Crippen molar-refractivity contribution in [2.45, 2.75) is 25.9 Å². The maximum atomic E-state index is 14.5. The molecule has 2 nitrogen and oxygen atoms in total. The molecule has 0 saturated carbocycles. The van der Waals surface area contributed by atoms with Gasteiger partial charge < -0.3 is 9.47 Å². The molecule has 0 saturated heterocycles. The zero-order valence-electron chi connectivity index (χ0n) is 19.2. The molecule has 0 aliphatic heterocycles. The highest BCUT2D eigenvalue weighted by atomic mass is 19.3. The highest BCUT2D eigenvalue weighted by Gasteiger charge is 2.41.